The lowest BCUT2D eigenvalue weighted by molar-refractivity contribution is 0.0954. The predicted octanol–water partition coefficient (Wildman–Crippen LogP) is 1.63. The highest BCUT2D eigenvalue weighted by Gasteiger charge is 2.18. The van der Waals surface area contributed by atoms with Crippen LogP contribution in [-0.2, 0) is 0 Å². The number of likely N-dealkylation sites (N-methyl/N-ethyl adjacent to an activating group) is 1. The molecule has 0 saturated carbocycles. The molecule has 0 saturated heterocycles. The maximum absolute atomic E-state index is 12.1. The average Bonchev–Trinajstić information content (AvgIpc) is 2.58. The zero-order chi connectivity index (χ0) is 15.1. The fourth-order valence-corrected chi connectivity index (χ4v) is 1.25. The summed E-state index contributed by atoms with van der Waals surface area (Å²) in [4.78, 5) is 12.1. The molecule has 4 nitrogen and oxygen atoms in total. The van der Waals surface area contributed by atoms with E-state index in [4.69, 9.17) is 16.3 Å². The second kappa shape index (κ2) is 5.18. The normalized spacial score (nSPS) is 22.7. The molecule has 0 unspecified atom stereocenters. The molecule has 1 aliphatic rings. The molecule has 0 fully saturated rings. The Morgan fingerprint density at radius 2 is 2.31 bits per heavy atom. The van der Waals surface area contributed by atoms with Gasteiger partial charge in [-0.2, -0.15) is 0 Å². The van der Waals surface area contributed by atoms with Gasteiger partial charge in [0.05, 0.1) is 6.04 Å². The Morgan fingerprint density at radius 3 is 3.06 bits per heavy atom. The monoisotopic (exact) mass is 248 g/mol. The van der Waals surface area contributed by atoms with Crippen molar-refractivity contribution in [2.45, 2.75) is 13.0 Å². The summed E-state index contributed by atoms with van der Waals surface area (Å²) in [7, 11) is 0. The quantitative estimate of drug-likeness (QED) is 0.826. The highest BCUT2D eigenvalue weighted by Crippen LogP contribution is 2.32. The van der Waals surface area contributed by atoms with Gasteiger partial charge in [0.15, 0.2) is 17.3 Å². The minimum absolute atomic E-state index is 0. The van der Waals surface area contributed by atoms with Crippen LogP contribution >= 0.6 is 12.4 Å². The largest absolute Gasteiger partial charge is 0.454 e. The average molecular weight is 249 g/mol. The van der Waals surface area contributed by atoms with Gasteiger partial charge < -0.3 is 14.8 Å². The molecule has 16 heavy (non-hydrogen) atoms. The second-order valence-corrected chi connectivity index (χ2v) is 3.18. The van der Waals surface area contributed by atoms with Crippen LogP contribution in [0.1, 0.15) is 24.1 Å². The number of rotatable bonds is 3. The molecule has 88 valence electrons. The van der Waals surface area contributed by atoms with E-state index in [0.29, 0.717) is 0 Å². The molecule has 0 aromatic heterocycles. The van der Waals surface area contributed by atoms with E-state index in [-0.39, 0.29) is 29.5 Å². The summed E-state index contributed by atoms with van der Waals surface area (Å²) in [5, 5.41) is 2.21. The molecule has 1 aromatic carbocycles. The Bertz CT molecular complexity index is 549. The highest BCUT2D eigenvalue weighted by molar-refractivity contribution is 6.00. The third-order valence-corrected chi connectivity index (χ3v) is 2.14. The number of hydrogen-bond acceptors (Lipinski definition) is 4. The van der Waals surface area contributed by atoms with Crippen molar-refractivity contribution in [3.63, 3.8) is 0 Å². The van der Waals surface area contributed by atoms with Crippen LogP contribution in [0.25, 0.3) is 0 Å². The molecule has 0 aliphatic carbocycles. The third-order valence-electron chi connectivity index (χ3n) is 2.14. The minimum Gasteiger partial charge on any atom is -0.454 e. The van der Waals surface area contributed by atoms with Gasteiger partial charge in [-0.15, -0.1) is 12.4 Å². The fourth-order valence-electron chi connectivity index (χ4n) is 1.25. The van der Waals surface area contributed by atoms with E-state index >= 15 is 0 Å². The van der Waals surface area contributed by atoms with Gasteiger partial charge in [0.2, 0.25) is 6.75 Å². The molecule has 5 heteroatoms. The van der Waals surface area contributed by atoms with Crippen LogP contribution in [0.15, 0.2) is 18.2 Å². The first-order valence-corrected chi connectivity index (χ1v) is 4.41. The Morgan fingerprint density at radius 1 is 1.56 bits per heavy atom. The second-order valence-electron chi connectivity index (χ2n) is 3.18. The van der Waals surface area contributed by atoms with Gasteiger partial charge in [0.25, 0.3) is 0 Å². The van der Waals surface area contributed by atoms with Gasteiger partial charge >= 0.3 is 0 Å². The molecule has 1 heterocycles. The Kier molecular flexibility index (Phi) is 2.31. The number of benzene rings is 1. The van der Waals surface area contributed by atoms with Crippen molar-refractivity contribution in [2.24, 2.45) is 0 Å². The van der Waals surface area contributed by atoms with E-state index in [1.54, 1.807) is 0 Å². The Hall–Kier alpha value is -1.26. The maximum atomic E-state index is 12.1. The van der Waals surface area contributed by atoms with Crippen molar-refractivity contribution < 1.29 is 21.1 Å². The number of carbonyl (C=O) groups is 1. The number of carbonyl (C=O) groups excluding carboxylic acids is 1. The fraction of sp³-hybridized carbons (Fsp3) is 0.364. The van der Waals surface area contributed by atoms with Gasteiger partial charge in [-0.3, -0.25) is 4.79 Å². The van der Waals surface area contributed by atoms with E-state index in [9.17, 15) is 4.79 Å². The van der Waals surface area contributed by atoms with Crippen molar-refractivity contribution in [1.29, 1.82) is 0 Å². The van der Waals surface area contributed by atoms with Gasteiger partial charge in [0, 0.05) is 9.68 Å². The molecule has 0 radical (unpaired) electrons. The summed E-state index contributed by atoms with van der Waals surface area (Å²) in [6.07, 6.45) is 0. The number of fused-ring (bicyclic) bond motifs is 1. The number of ether oxygens (including phenoxy) is 2. The molecular formula is C11H14ClNO3. The zero-order valence-corrected chi connectivity index (χ0v) is 9.26. The summed E-state index contributed by atoms with van der Waals surface area (Å²) in [5.41, 5.74) is 0.217. The molecular weight excluding hydrogens is 230 g/mol. The lowest BCUT2D eigenvalue weighted by Gasteiger charge is -2.09. The van der Waals surface area contributed by atoms with Crippen LogP contribution in [0.2, 0.25) is 0 Å². The first kappa shape index (κ1) is 7.14. The number of halogens is 1. The highest BCUT2D eigenvalue weighted by atomic mass is 35.5. The number of nitrogens with one attached hydrogen (secondary N) is 1. The molecule has 0 spiro atoms. The van der Waals surface area contributed by atoms with E-state index < -0.39 is 25.5 Å². The van der Waals surface area contributed by atoms with Crippen molar-refractivity contribution in [3.05, 3.63) is 23.8 Å². The summed E-state index contributed by atoms with van der Waals surface area (Å²) in [6.45, 7) is -3.23. The molecule has 1 atom stereocenters. The van der Waals surface area contributed by atoms with Crippen LogP contribution in [0, 0.1) is 0 Å². The summed E-state index contributed by atoms with van der Waals surface area (Å²) < 4.78 is 45.6. The smallest absolute Gasteiger partial charge is 0.231 e. The van der Waals surface area contributed by atoms with Crippen molar-refractivity contribution in [3.8, 4) is 11.5 Å². The first-order chi connectivity index (χ1) is 9.07. The topological polar surface area (TPSA) is 47.6 Å². The van der Waals surface area contributed by atoms with E-state index in [2.05, 4.69) is 5.32 Å². The molecule has 1 aliphatic heterocycles. The van der Waals surface area contributed by atoms with Crippen LogP contribution in [0.5, 0.6) is 11.5 Å². The van der Waals surface area contributed by atoms with Gasteiger partial charge in [0.1, 0.15) is 2.74 Å². The molecule has 1 N–H and O–H groups in total. The Balaban J connectivity index is 0.00000220. The van der Waals surface area contributed by atoms with Gasteiger partial charge in [-0.05, 0) is 32.1 Å². The van der Waals surface area contributed by atoms with Crippen molar-refractivity contribution in [2.75, 3.05) is 13.7 Å². The predicted molar refractivity (Wildman–Crippen MR) is 62.7 cm³/mol. The van der Waals surface area contributed by atoms with Crippen LogP contribution in [-0.4, -0.2) is 25.5 Å². The zero-order valence-electron chi connectivity index (χ0n) is 13.4. The van der Waals surface area contributed by atoms with Gasteiger partial charge in [-0.25, -0.2) is 0 Å². The third kappa shape index (κ3) is 2.28. The minimum atomic E-state index is -2.41. The van der Waals surface area contributed by atoms with Crippen LogP contribution < -0.4 is 14.8 Å². The lowest BCUT2D eigenvalue weighted by atomic mass is 10.1. The van der Waals surface area contributed by atoms with Gasteiger partial charge in [-0.1, -0.05) is 0 Å². The van der Waals surface area contributed by atoms with E-state index in [1.165, 1.54) is 25.1 Å². The summed E-state index contributed by atoms with van der Waals surface area (Å²) in [5.74, 6) is -0.120. The summed E-state index contributed by atoms with van der Waals surface area (Å²) >= 11 is 0. The first-order valence-electron chi connectivity index (χ1n) is 6.91. The van der Waals surface area contributed by atoms with Crippen LogP contribution in [0.3, 0.4) is 0 Å². The summed E-state index contributed by atoms with van der Waals surface area (Å²) in [6, 6.07) is 3.28. The van der Waals surface area contributed by atoms with Crippen molar-refractivity contribution >= 4 is 18.2 Å². The standard InChI is InChI=1S/C11H13NO3.ClH/c1-7(12-2)11(13)8-3-4-9-10(5-8)15-6-14-9;/h3-5,7,12H,6H2,1-2H3;1H/t7-;/m0./s1/i2D3,6D2;. The molecule has 0 amide bonds. The Labute approximate surface area is 107 Å². The number of Topliss-reactive ketones (excluding diaryl/α,β-unsaturated/α-hetero) is 1. The molecule has 1 aromatic rings. The van der Waals surface area contributed by atoms with E-state index in [0.717, 1.165) is 0 Å². The number of hydrogen-bond donors (Lipinski definition) is 1. The van der Waals surface area contributed by atoms with Crippen molar-refractivity contribution in [1.82, 2.24) is 5.32 Å². The molecule has 2 rings (SSSR count). The SMILES string of the molecule is Cl.[2H]C([2H])([2H])N[C@@H](C)C(=O)c1ccc2c(c1)OC([2H])([2H])O2. The number of ketones is 1. The van der Waals surface area contributed by atoms with Crippen LogP contribution in [0.4, 0.5) is 0 Å². The maximum Gasteiger partial charge on any atom is 0.231 e. The van der Waals surface area contributed by atoms with E-state index in [1.807, 2.05) is 0 Å². The lowest BCUT2D eigenvalue weighted by Crippen LogP contribution is -2.30. The molecule has 0 bridgehead atoms.